The number of methoxy groups -OCH3 is 2. The molecule has 31 heavy (non-hydrogen) atoms. The van der Waals surface area contributed by atoms with Crippen LogP contribution in [0, 0.1) is 0 Å². The summed E-state index contributed by atoms with van der Waals surface area (Å²) in [5.41, 5.74) is 1.06. The van der Waals surface area contributed by atoms with Crippen LogP contribution in [-0.4, -0.2) is 55.7 Å². The van der Waals surface area contributed by atoms with E-state index in [0.717, 1.165) is 6.42 Å². The number of benzene rings is 2. The quantitative estimate of drug-likeness (QED) is 0.376. The molecular weight excluding hydrogens is 398 g/mol. The Morgan fingerprint density at radius 3 is 2.39 bits per heavy atom. The predicted octanol–water partition coefficient (Wildman–Crippen LogP) is 3.55. The van der Waals surface area contributed by atoms with Gasteiger partial charge < -0.3 is 24.2 Å². The summed E-state index contributed by atoms with van der Waals surface area (Å²) < 4.78 is 16.2. The minimum absolute atomic E-state index is 0.0211. The second-order valence-corrected chi connectivity index (χ2v) is 7.10. The molecule has 1 fully saturated rings. The number of hydrogen-bond acceptors (Lipinski definition) is 6. The normalized spacial score (nSPS) is 17.8. The fraction of sp³-hybridized carbons (Fsp3) is 0.333. The topological polar surface area (TPSA) is 85.3 Å². The van der Waals surface area contributed by atoms with Gasteiger partial charge in [0.1, 0.15) is 17.3 Å². The second kappa shape index (κ2) is 10.1. The van der Waals surface area contributed by atoms with Crippen LogP contribution in [0.15, 0.2) is 54.1 Å². The van der Waals surface area contributed by atoms with Gasteiger partial charge in [0.05, 0.1) is 31.9 Å². The lowest BCUT2D eigenvalue weighted by Crippen LogP contribution is -2.32. The molecule has 1 amide bonds. The fourth-order valence-corrected chi connectivity index (χ4v) is 3.60. The largest absolute Gasteiger partial charge is 0.507 e. The molecule has 7 nitrogen and oxygen atoms in total. The molecule has 3 rings (SSSR count). The highest BCUT2D eigenvalue weighted by Crippen LogP contribution is 2.42. The van der Waals surface area contributed by atoms with E-state index in [1.807, 2.05) is 6.92 Å². The Hall–Kier alpha value is -3.32. The van der Waals surface area contributed by atoms with Crippen LogP contribution in [0.25, 0.3) is 5.76 Å². The summed E-state index contributed by atoms with van der Waals surface area (Å²) in [6.45, 7) is 3.05. The van der Waals surface area contributed by atoms with Crippen molar-refractivity contribution in [2.75, 3.05) is 34.0 Å². The summed E-state index contributed by atoms with van der Waals surface area (Å²) >= 11 is 0. The molecule has 0 aromatic heterocycles. The molecule has 0 aliphatic carbocycles. The third-order valence-corrected chi connectivity index (χ3v) is 5.11. The number of aliphatic hydroxyl groups excluding tert-OH is 1. The van der Waals surface area contributed by atoms with Crippen LogP contribution in [0.3, 0.4) is 0 Å². The van der Waals surface area contributed by atoms with Gasteiger partial charge in [-0.3, -0.25) is 9.59 Å². The molecule has 1 N–H and O–H groups in total. The molecule has 1 heterocycles. The summed E-state index contributed by atoms with van der Waals surface area (Å²) in [6.07, 6.45) is 0.881. The van der Waals surface area contributed by atoms with Gasteiger partial charge >= 0.3 is 0 Å². The first-order valence-corrected chi connectivity index (χ1v) is 10.2. The molecule has 1 aliphatic rings. The van der Waals surface area contributed by atoms with E-state index in [2.05, 4.69) is 0 Å². The van der Waals surface area contributed by atoms with E-state index in [9.17, 15) is 14.7 Å². The number of carbonyl (C=O) groups is 2. The maximum Gasteiger partial charge on any atom is 0.295 e. The standard InChI is InChI=1S/C24H27NO6/c1-4-14-31-17-11-9-16(10-12-17)22(26)20-21(18-7-5-6-8-19(18)30-3)25(13-15-29-2)24(28)23(20)27/h5-12,21,26H,4,13-15H2,1-3H3/b22-20-. The average molecular weight is 425 g/mol. The highest BCUT2D eigenvalue weighted by Gasteiger charge is 2.46. The number of para-hydroxylation sites is 1. The summed E-state index contributed by atoms with van der Waals surface area (Å²) in [4.78, 5) is 27.2. The predicted molar refractivity (Wildman–Crippen MR) is 116 cm³/mol. The molecule has 1 atom stereocenters. The van der Waals surface area contributed by atoms with Gasteiger partial charge in [-0.1, -0.05) is 25.1 Å². The van der Waals surface area contributed by atoms with E-state index in [4.69, 9.17) is 14.2 Å². The Kier molecular flexibility index (Phi) is 7.31. The van der Waals surface area contributed by atoms with Crippen LogP contribution in [0.4, 0.5) is 0 Å². The number of ketones is 1. The van der Waals surface area contributed by atoms with Crippen molar-refractivity contribution in [3.8, 4) is 11.5 Å². The lowest BCUT2D eigenvalue weighted by molar-refractivity contribution is -0.140. The van der Waals surface area contributed by atoms with E-state index in [-0.39, 0.29) is 24.5 Å². The highest BCUT2D eigenvalue weighted by atomic mass is 16.5. The summed E-state index contributed by atoms with van der Waals surface area (Å²) in [5, 5.41) is 11.1. The van der Waals surface area contributed by atoms with Crippen LogP contribution in [0.2, 0.25) is 0 Å². The van der Waals surface area contributed by atoms with E-state index in [1.54, 1.807) is 48.5 Å². The number of nitrogens with zero attached hydrogens (tertiary/aromatic N) is 1. The van der Waals surface area contributed by atoms with Crippen molar-refractivity contribution in [2.45, 2.75) is 19.4 Å². The average Bonchev–Trinajstić information content (AvgIpc) is 3.05. The maximum atomic E-state index is 13.0. The smallest absolute Gasteiger partial charge is 0.295 e. The number of Topliss-reactive ketones (excluding diaryl/α,β-unsaturated/α-hetero) is 1. The van der Waals surface area contributed by atoms with Crippen LogP contribution >= 0.6 is 0 Å². The summed E-state index contributed by atoms with van der Waals surface area (Å²) in [7, 11) is 3.05. The van der Waals surface area contributed by atoms with E-state index in [0.29, 0.717) is 29.2 Å². The molecule has 2 aromatic rings. The first kappa shape index (κ1) is 22.4. The first-order chi connectivity index (χ1) is 15.0. The molecule has 0 saturated carbocycles. The molecule has 0 spiro atoms. The van der Waals surface area contributed by atoms with E-state index >= 15 is 0 Å². The van der Waals surface area contributed by atoms with Crippen LogP contribution in [-0.2, 0) is 14.3 Å². The fourth-order valence-electron chi connectivity index (χ4n) is 3.60. The Bertz CT molecular complexity index is 966. The second-order valence-electron chi connectivity index (χ2n) is 7.10. The summed E-state index contributed by atoms with van der Waals surface area (Å²) in [6, 6.07) is 13.1. The Balaban J connectivity index is 2.10. The van der Waals surface area contributed by atoms with E-state index < -0.39 is 17.7 Å². The molecule has 1 saturated heterocycles. The van der Waals surface area contributed by atoms with Gasteiger partial charge in [0.15, 0.2) is 0 Å². The lowest BCUT2D eigenvalue weighted by Gasteiger charge is -2.26. The third-order valence-electron chi connectivity index (χ3n) is 5.11. The van der Waals surface area contributed by atoms with E-state index in [1.165, 1.54) is 19.1 Å². The number of ether oxygens (including phenoxy) is 3. The number of hydrogen-bond donors (Lipinski definition) is 1. The third kappa shape index (κ3) is 4.56. The first-order valence-electron chi connectivity index (χ1n) is 10.2. The molecular formula is C24H27NO6. The van der Waals surface area contributed by atoms with Crippen molar-refractivity contribution in [2.24, 2.45) is 0 Å². The number of amides is 1. The Morgan fingerprint density at radius 2 is 1.74 bits per heavy atom. The number of likely N-dealkylation sites (tertiary alicyclic amines) is 1. The zero-order chi connectivity index (χ0) is 22.4. The highest BCUT2D eigenvalue weighted by molar-refractivity contribution is 6.46. The SMILES string of the molecule is CCCOc1ccc(/C(O)=C2/C(=O)C(=O)N(CCOC)C2c2ccccc2OC)cc1. The molecule has 0 bridgehead atoms. The Labute approximate surface area is 181 Å². The van der Waals surface area contributed by atoms with Crippen molar-refractivity contribution in [1.29, 1.82) is 0 Å². The minimum Gasteiger partial charge on any atom is -0.507 e. The minimum atomic E-state index is -0.790. The van der Waals surface area contributed by atoms with Crippen molar-refractivity contribution < 1.29 is 28.9 Å². The van der Waals surface area contributed by atoms with Gasteiger partial charge in [0, 0.05) is 24.8 Å². The summed E-state index contributed by atoms with van der Waals surface area (Å²) in [5.74, 6) is -0.476. The van der Waals surface area contributed by atoms with Crippen molar-refractivity contribution in [3.05, 3.63) is 65.2 Å². The van der Waals surface area contributed by atoms with Gasteiger partial charge in [-0.2, -0.15) is 0 Å². The van der Waals surface area contributed by atoms with Gasteiger partial charge in [0.2, 0.25) is 0 Å². The van der Waals surface area contributed by atoms with Crippen molar-refractivity contribution in [3.63, 3.8) is 0 Å². The lowest BCUT2D eigenvalue weighted by atomic mass is 9.94. The van der Waals surface area contributed by atoms with Crippen LogP contribution in [0.1, 0.15) is 30.5 Å². The molecule has 1 unspecified atom stereocenters. The molecule has 1 aliphatic heterocycles. The maximum absolute atomic E-state index is 13.0. The van der Waals surface area contributed by atoms with Gasteiger partial charge in [0.25, 0.3) is 11.7 Å². The number of carbonyl (C=O) groups excluding carboxylic acids is 2. The number of rotatable bonds is 9. The monoisotopic (exact) mass is 425 g/mol. The van der Waals surface area contributed by atoms with Crippen LogP contribution < -0.4 is 9.47 Å². The zero-order valence-electron chi connectivity index (χ0n) is 18.0. The van der Waals surface area contributed by atoms with Crippen molar-refractivity contribution in [1.82, 2.24) is 4.90 Å². The zero-order valence-corrected chi connectivity index (χ0v) is 18.0. The molecule has 164 valence electrons. The van der Waals surface area contributed by atoms with Gasteiger partial charge in [-0.25, -0.2) is 0 Å². The van der Waals surface area contributed by atoms with Crippen molar-refractivity contribution >= 4 is 17.4 Å². The van der Waals surface area contributed by atoms with Crippen LogP contribution in [0.5, 0.6) is 11.5 Å². The number of aliphatic hydroxyl groups is 1. The Morgan fingerprint density at radius 1 is 1.03 bits per heavy atom. The van der Waals surface area contributed by atoms with Gasteiger partial charge in [-0.05, 0) is 36.8 Å². The van der Waals surface area contributed by atoms with Gasteiger partial charge in [-0.15, -0.1) is 0 Å². The molecule has 7 heteroatoms. The molecule has 0 radical (unpaired) electrons. The molecule has 2 aromatic carbocycles.